The molecule has 0 saturated heterocycles. The molecule has 2 heterocycles. The Morgan fingerprint density at radius 3 is 2.75 bits per heavy atom. The van der Waals surface area contributed by atoms with E-state index in [0.29, 0.717) is 18.1 Å². The third-order valence-corrected chi connectivity index (χ3v) is 2.97. The maximum absolute atomic E-state index is 14.0. The second-order valence-electron chi connectivity index (χ2n) is 4.69. The predicted molar refractivity (Wildman–Crippen MR) is 77.0 cm³/mol. The van der Waals surface area contributed by atoms with Crippen LogP contribution in [0.25, 0.3) is 11.5 Å². The van der Waals surface area contributed by atoms with Crippen molar-refractivity contribution in [1.82, 2.24) is 19.5 Å². The summed E-state index contributed by atoms with van der Waals surface area (Å²) in [4.78, 5) is 12.7. The lowest BCUT2D eigenvalue weighted by atomic mass is 10.3. The van der Waals surface area contributed by atoms with E-state index in [9.17, 15) is 4.39 Å². The topological polar surface area (TPSA) is 55.6 Å². The lowest BCUT2D eigenvalue weighted by molar-refractivity contribution is 0.604. The molecule has 0 aliphatic carbocycles. The van der Waals surface area contributed by atoms with Crippen molar-refractivity contribution in [3.8, 4) is 11.5 Å². The molecule has 0 amide bonds. The average molecular weight is 277 g/mol. The van der Waals surface area contributed by atoms with Crippen LogP contribution in [0.2, 0.25) is 0 Å². The van der Waals surface area contributed by atoms with Crippen molar-refractivity contribution in [3.63, 3.8) is 0 Å². The number of hydrogen-bond donors (Lipinski definition) is 1. The first-order valence-electron chi connectivity index (χ1n) is 6.95. The molecule has 2 aromatic rings. The van der Waals surface area contributed by atoms with Crippen molar-refractivity contribution in [3.05, 3.63) is 24.0 Å². The molecule has 0 saturated carbocycles. The number of nitrogens with one attached hydrogen (secondary N) is 1. The molecule has 108 valence electrons. The van der Waals surface area contributed by atoms with E-state index in [2.05, 4.69) is 27.2 Å². The summed E-state index contributed by atoms with van der Waals surface area (Å²) in [6.45, 7) is 7.29. The van der Waals surface area contributed by atoms with Gasteiger partial charge in [-0.05, 0) is 19.8 Å². The van der Waals surface area contributed by atoms with E-state index in [1.165, 1.54) is 0 Å². The zero-order chi connectivity index (χ0) is 14.5. The molecule has 0 aliphatic rings. The molecule has 6 heteroatoms. The number of nitrogens with zero attached hydrogens (tertiary/aromatic N) is 4. The van der Waals surface area contributed by atoms with Crippen molar-refractivity contribution < 1.29 is 4.39 Å². The monoisotopic (exact) mass is 277 g/mol. The quantitative estimate of drug-likeness (QED) is 0.881. The minimum atomic E-state index is -0.385. The van der Waals surface area contributed by atoms with Crippen LogP contribution in [0.3, 0.4) is 0 Å². The van der Waals surface area contributed by atoms with Gasteiger partial charge in [0.25, 0.3) is 0 Å². The Bertz CT molecular complexity index is 579. The molecule has 20 heavy (non-hydrogen) atoms. The molecule has 2 rings (SSSR count). The van der Waals surface area contributed by atoms with Gasteiger partial charge in [-0.15, -0.1) is 0 Å². The predicted octanol–water partition coefficient (Wildman–Crippen LogP) is 3.02. The Morgan fingerprint density at radius 2 is 2.05 bits per heavy atom. The number of aromatic nitrogens is 4. The van der Waals surface area contributed by atoms with Gasteiger partial charge in [0.15, 0.2) is 17.5 Å². The SMILES string of the molecule is CCCNc1nc(-c2cncn2CCC)nc(C)c1F. The number of aryl methyl sites for hydroxylation is 2. The lowest BCUT2D eigenvalue weighted by Crippen LogP contribution is -2.09. The first-order chi connectivity index (χ1) is 9.67. The average Bonchev–Trinajstić information content (AvgIpc) is 2.89. The van der Waals surface area contributed by atoms with Crippen LogP contribution in [-0.4, -0.2) is 26.1 Å². The molecule has 2 aromatic heterocycles. The van der Waals surface area contributed by atoms with Gasteiger partial charge >= 0.3 is 0 Å². The Kier molecular flexibility index (Phi) is 4.65. The highest BCUT2D eigenvalue weighted by molar-refractivity contribution is 5.53. The summed E-state index contributed by atoms with van der Waals surface area (Å²) < 4.78 is 16.0. The van der Waals surface area contributed by atoms with Gasteiger partial charge in [-0.25, -0.2) is 19.3 Å². The van der Waals surface area contributed by atoms with Crippen molar-refractivity contribution >= 4 is 5.82 Å². The summed E-state index contributed by atoms with van der Waals surface area (Å²) in [5.41, 5.74) is 1.16. The van der Waals surface area contributed by atoms with Gasteiger partial charge in [0.2, 0.25) is 0 Å². The highest BCUT2D eigenvalue weighted by Crippen LogP contribution is 2.21. The van der Waals surface area contributed by atoms with E-state index in [1.807, 2.05) is 11.5 Å². The Balaban J connectivity index is 2.41. The number of halogens is 1. The third kappa shape index (κ3) is 2.95. The van der Waals surface area contributed by atoms with Crippen LogP contribution in [0.1, 0.15) is 32.4 Å². The number of anilines is 1. The van der Waals surface area contributed by atoms with Crippen molar-refractivity contribution in [2.75, 3.05) is 11.9 Å². The summed E-state index contributed by atoms with van der Waals surface area (Å²) >= 11 is 0. The second kappa shape index (κ2) is 6.45. The molecular formula is C14H20FN5. The van der Waals surface area contributed by atoms with E-state index in [4.69, 9.17) is 0 Å². The molecule has 0 atom stereocenters. The molecule has 0 radical (unpaired) electrons. The molecule has 1 N–H and O–H groups in total. The third-order valence-electron chi connectivity index (χ3n) is 2.97. The smallest absolute Gasteiger partial charge is 0.186 e. The van der Waals surface area contributed by atoms with E-state index in [-0.39, 0.29) is 11.6 Å². The normalized spacial score (nSPS) is 10.8. The number of rotatable bonds is 6. The molecule has 0 aromatic carbocycles. The summed E-state index contributed by atoms with van der Waals surface area (Å²) in [5.74, 6) is 0.385. The summed E-state index contributed by atoms with van der Waals surface area (Å²) in [6.07, 6.45) is 5.36. The molecule has 0 bridgehead atoms. The molecule has 0 fully saturated rings. The summed E-state index contributed by atoms with van der Waals surface area (Å²) in [6, 6.07) is 0. The van der Waals surface area contributed by atoms with E-state index in [1.54, 1.807) is 19.4 Å². The maximum Gasteiger partial charge on any atom is 0.186 e. The largest absolute Gasteiger partial charge is 0.368 e. The minimum Gasteiger partial charge on any atom is -0.368 e. The molecule has 0 aliphatic heterocycles. The van der Waals surface area contributed by atoms with E-state index in [0.717, 1.165) is 25.1 Å². The molecular weight excluding hydrogens is 257 g/mol. The van der Waals surface area contributed by atoms with Crippen LogP contribution in [-0.2, 0) is 6.54 Å². The minimum absolute atomic E-state index is 0.263. The zero-order valence-corrected chi connectivity index (χ0v) is 12.1. The lowest BCUT2D eigenvalue weighted by Gasteiger charge is -2.10. The van der Waals surface area contributed by atoms with Gasteiger partial charge in [-0.2, -0.15) is 0 Å². The van der Waals surface area contributed by atoms with Crippen molar-refractivity contribution in [1.29, 1.82) is 0 Å². The first kappa shape index (κ1) is 14.4. The Hall–Kier alpha value is -1.98. The molecule has 0 spiro atoms. The fourth-order valence-corrected chi connectivity index (χ4v) is 1.96. The molecule has 0 unspecified atom stereocenters. The van der Waals surface area contributed by atoms with Crippen molar-refractivity contribution in [2.24, 2.45) is 0 Å². The van der Waals surface area contributed by atoms with Gasteiger partial charge in [0, 0.05) is 13.1 Å². The van der Waals surface area contributed by atoms with Gasteiger partial charge in [0.05, 0.1) is 18.2 Å². The highest BCUT2D eigenvalue weighted by Gasteiger charge is 2.14. The van der Waals surface area contributed by atoms with E-state index < -0.39 is 0 Å². The van der Waals surface area contributed by atoms with Crippen LogP contribution in [0.15, 0.2) is 12.5 Å². The van der Waals surface area contributed by atoms with Crippen LogP contribution >= 0.6 is 0 Å². The van der Waals surface area contributed by atoms with Crippen LogP contribution in [0, 0.1) is 12.7 Å². The fraction of sp³-hybridized carbons (Fsp3) is 0.500. The van der Waals surface area contributed by atoms with Gasteiger partial charge in [-0.3, -0.25) is 0 Å². The number of imidazole rings is 1. The maximum atomic E-state index is 14.0. The van der Waals surface area contributed by atoms with Crippen molar-refractivity contribution in [2.45, 2.75) is 40.2 Å². The standard InChI is InChI=1S/C14H20FN5/c1-4-6-17-14-12(15)10(3)18-13(19-14)11-8-16-9-20(11)7-5-2/h8-9H,4-7H2,1-3H3,(H,17,18,19). The first-order valence-corrected chi connectivity index (χ1v) is 6.95. The van der Waals surface area contributed by atoms with Gasteiger partial charge < -0.3 is 9.88 Å². The molecule has 5 nitrogen and oxygen atoms in total. The number of hydrogen-bond acceptors (Lipinski definition) is 4. The van der Waals surface area contributed by atoms with E-state index >= 15 is 0 Å². The van der Waals surface area contributed by atoms with Crippen LogP contribution in [0.5, 0.6) is 0 Å². The Labute approximate surface area is 118 Å². The van der Waals surface area contributed by atoms with Crippen LogP contribution < -0.4 is 5.32 Å². The Morgan fingerprint density at radius 1 is 1.25 bits per heavy atom. The zero-order valence-electron chi connectivity index (χ0n) is 12.1. The summed E-state index contributed by atoms with van der Waals surface area (Å²) in [7, 11) is 0. The second-order valence-corrected chi connectivity index (χ2v) is 4.69. The highest BCUT2D eigenvalue weighted by atomic mass is 19.1. The van der Waals surface area contributed by atoms with Crippen LogP contribution in [0.4, 0.5) is 10.2 Å². The van der Waals surface area contributed by atoms with Gasteiger partial charge in [-0.1, -0.05) is 13.8 Å². The fourth-order valence-electron chi connectivity index (χ4n) is 1.96. The summed E-state index contributed by atoms with van der Waals surface area (Å²) in [5, 5.41) is 3.00. The van der Waals surface area contributed by atoms with Gasteiger partial charge in [0.1, 0.15) is 5.69 Å².